The topological polar surface area (TPSA) is 119 Å². The zero-order valence-corrected chi connectivity index (χ0v) is 15.4. The van der Waals surface area contributed by atoms with Crippen molar-refractivity contribution in [2.75, 3.05) is 13.2 Å². The van der Waals surface area contributed by atoms with E-state index in [9.17, 15) is 27.9 Å². The molecule has 0 unspecified atom stereocenters. The highest BCUT2D eigenvalue weighted by Gasteiger charge is 2.25. The number of halogens is 4. The summed E-state index contributed by atoms with van der Waals surface area (Å²) in [5.74, 6) is -0.954. The van der Waals surface area contributed by atoms with Crippen LogP contribution in [0.2, 0.25) is 5.02 Å². The third-order valence-corrected chi connectivity index (χ3v) is 3.22. The fourth-order valence-corrected chi connectivity index (χ4v) is 2.19. The summed E-state index contributed by atoms with van der Waals surface area (Å²) < 4.78 is 36.1. The molecule has 1 aromatic rings. The molecule has 0 bridgehead atoms. The number of rotatable bonds is 6. The Labute approximate surface area is 158 Å². The number of aldehydes is 1. The number of carbonyl (C=O) groups is 3. The van der Waals surface area contributed by atoms with E-state index in [4.69, 9.17) is 26.9 Å². The van der Waals surface area contributed by atoms with Gasteiger partial charge in [0.2, 0.25) is 12.2 Å². The number of esters is 1. The molecule has 152 valence electrons. The molecule has 1 atom stereocenters. The van der Waals surface area contributed by atoms with Crippen molar-refractivity contribution in [3.05, 3.63) is 28.3 Å². The molecular formula is C16H20ClF3N2O5. The summed E-state index contributed by atoms with van der Waals surface area (Å²) >= 11 is 5.97. The van der Waals surface area contributed by atoms with Crippen molar-refractivity contribution >= 4 is 29.8 Å². The Morgan fingerprint density at radius 1 is 1.41 bits per heavy atom. The second-order valence-corrected chi connectivity index (χ2v) is 5.59. The van der Waals surface area contributed by atoms with Crippen molar-refractivity contribution in [2.24, 2.45) is 5.73 Å². The van der Waals surface area contributed by atoms with E-state index in [-0.39, 0.29) is 25.3 Å². The second kappa shape index (κ2) is 11.4. The zero-order valence-electron chi connectivity index (χ0n) is 14.6. The molecule has 0 fully saturated rings. The minimum absolute atomic E-state index is 0.0222. The van der Waals surface area contributed by atoms with Gasteiger partial charge in [-0.1, -0.05) is 11.6 Å². The number of hydrogen-bond donors (Lipinski definition) is 3. The lowest BCUT2D eigenvalue weighted by atomic mass is 10.00. The Hall–Kier alpha value is -2.33. The maximum atomic E-state index is 11.7. The monoisotopic (exact) mass is 412 g/mol. The number of phenolic OH excluding ortho intramolecular Hbond substituents is 1. The molecule has 11 heteroatoms. The third-order valence-electron chi connectivity index (χ3n) is 3.00. The number of aromatic hydroxyl groups is 1. The minimum atomic E-state index is -4.64. The number of nitrogens with one attached hydrogen (secondary N) is 1. The number of ether oxygens (including phenoxy) is 1. The van der Waals surface area contributed by atoms with Crippen LogP contribution in [0.1, 0.15) is 30.5 Å². The van der Waals surface area contributed by atoms with Crippen molar-refractivity contribution in [3.8, 4) is 5.75 Å². The Balaban J connectivity index is 0.000000972. The fourth-order valence-electron chi connectivity index (χ4n) is 1.91. The van der Waals surface area contributed by atoms with Gasteiger partial charge in [-0.15, -0.1) is 0 Å². The molecule has 0 aliphatic rings. The number of carbonyl (C=O) groups excluding carboxylic acids is 3. The van der Waals surface area contributed by atoms with E-state index >= 15 is 0 Å². The van der Waals surface area contributed by atoms with Gasteiger partial charge in [-0.2, -0.15) is 13.2 Å². The lowest BCUT2D eigenvalue weighted by Crippen LogP contribution is -2.35. The summed E-state index contributed by atoms with van der Waals surface area (Å²) in [6.07, 6.45) is -5.82. The molecule has 0 heterocycles. The molecule has 1 amide bonds. The number of hydrogen-bond acceptors (Lipinski definition) is 6. The van der Waals surface area contributed by atoms with Gasteiger partial charge in [0.15, 0.2) is 0 Å². The van der Waals surface area contributed by atoms with Gasteiger partial charge in [-0.3, -0.25) is 14.4 Å². The van der Waals surface area contributed by atoms with Crippen LogP contribution in [0.25, 0.3) is 0 Å². The van der Waals surface area contributed by atoms with Gasteiger partial charge in [0.05, 0.1) is 25.6 Å². The predicted octanol–water partition coefficient (Wildman–Crippen LogP) is 2.17. The number of benzene rings is 1. The van der Waals surface area contributed by atoms with Crippen LogP contribution in [0.4, 0.5) is 13.2 Å². The van der Waals surface area contributed by atoms with Crippen LogP contribution < -0.4 is 11.1 Å². The van der Waals surface area contributed by atoms with Crippen molar-refractivity contribution in [1.29, 1.82) is 0 Å². The van der Waals surface area contributed by atoms with E-state index in [0.29, 0.717) is 16.1 Å². The van der Waals surface area contributed by atoms with E-state index in [1.54, 1.807) is 19.9 Å². The molecule has 0 spiro atoms. The summed E-state index contributed by atoms with van der Waals surface area (Å²) in [7, 11) is 0. The molecule has 1 aromatic carbocycles. The average molecular weight is 413 g/mol. The largest absolute Gasteiger partial charge is 0.507 e. The first-order chi connectivity index (χ1) is 12.4. The summed E-state index contributed by atoms with van der Waals surface area (Å²) in [5, 5.41) is 13.1. The van der Waals surface area contributed by atoms with Crippen LogP contribution in [0, 0.1) is 6.92 Å². The standard InChI is InChI=1S/C14H19ClN2O4.C2HF3O/c1-3-21-13(19)6-11(17-12(18)7-16)10-5-9(15)4-8(2)14(10)20;3-2(4,5)1-6/h4-5,11,20H,3,6-7,16H2,1-2H3,(H,17,18);1H/t11-;/m0./s1. The Kier molecular flexibility index (Phi) is 10.4. The molecule has 0 aromatic heterocycles. The quantitative estimate of drug-likeness (QED) is 0.486. The van der Waals surface area contributed by atoms with E-state index in [1.807, 2.05) is 0 Å². The average Bonchev–Trinajstić information content (AvgIpc) is 2.57. The first-order valence-corrected chi connectivity index (χ1v) is 8.00. The van der Waals surface area contributed by atoms with E-state index in [0.717, 1.165) is 0 Å². The molecule has 0 aliphatic heterocycles. The van der Waals surface area contributed by atoms with Crippen molar-refractivity contribution in [1.82, 2.24) is 5.32 Å². The summed E-state index contributed by atoms with van der Waals surface area (Å²) in [6, 6.07) is 2.34. The zero-order chi connectivity index (χ0) is 21.2. The number of alkyl halides is 3. The SMILES string of the molecule is CCOC(=O)C[C@H](NC(=O)CN)c1cc(Cl)cc(C)c1O.O=CC(F)(F)F. The van der Waals surface area contributed by atoms with Gasteiger partial charge in [-0.05, 0) is 31.5 Å². The first kappa shape index (κ1) is 24.7. The fraction of sp³-hybridized carbons (Fsp3) is 0.438. The number of aryl methyl sites for hydroxylation is 1. The highest BCUT2D eigenvalue weighted by atomic mass is 35.5. The van der Waals surface area contributed by atoms with Crippen LogP contribution in [0.15, 0.2) is 12.1 Å². The lowest BCUT2D eigenvalue weighted by molar-refractivity contribution is -0.156. The summed E-state index contributed by atoms with van der Waals surface area (Å²) in [4.78, 5) is 31.9. The van der Waals surface area contributed by atoms with E-state index in [1.165, 1.54) is 6.07 Å². The van der Waals surface area contributed by atoms with Gasteiger partial charge in [0, 0.05) is 10.6 Å². The highest BCUT2D eigenvalue weighted by molar-refractivity contribution is 6.30. The summed E-state index contributed by atoms with van der Waals surface area (Å²) in [5.41, 5.74) is 6.17. The molecule has 7 nitrogen and oxygen atoms in total. The molecule has 0 saturated carbocycles. The van der Waals surface area contributed by atoms with Gasteiger partial charge < -0.3 is 20.9 Å². The smallest absolute Gasteiger partial charge is 0.446 e. The predicted molar refractivity (Wildman–Crippen MR) is 91.2 cm³/mol. The minimum Gasteiger partial charge on any atom is -0.507 e. The first-order valence-electron chi connectivity index (χ1n) is 7.62. The highest BCUT2D eigenvalue weighted by Crippen LogP contribution is 2.32. The molecule has 0 aliphatic carbocycles. The normalized spacial score (nSPS) is 11.7. The number of nitrogens with two attached hydrogens (primary N) is 1. The van der Waals surface area contributed by atoms with Gasteiger partial charge in [-0.25, -0.2) is 0 Å². The molecule has 4 N–H and O–H groups in total. The van der Waals surface area contributed by atoms with Gasteiger partial charge in [0.1, 0.15) is 5.75 Å². The maximum absolute atomic E-state index is 11.7. The van der Waals surface area contributed by atoms with Crippen molar-refractivity contribution in [3.63, 3.8) is 0 Å². The van der Waals surface area contributed by atoms with E-state index < -0.39 is 30.4 Å². The van der Waals surface area contributed by atoms with Gasteiger partial charge in [0.25, 0.3) is 0 Å². The Bertz CT molecular complexity index is 668. The molecule has 0 saturated heterocycles. The summed E-state index contributed by atoms with van der Waals surface area (Å²) in [6.45, 7) is 3.37. The molecular weight excluding hydrogens is 393 g/mol. The maximum Gasteiger partial charge on any atom is 0.446 e. The van der Waals surface area contributed by atoms with Crippen LogP contribution >= 0.6 is 11.6 Å². The van der Waals surface area contributed by atoms with E-state index in [2.05, 4.69) is 5.32 Å². The van der Waals surface area contributed by atoms with Crippen LogP contribution in [0.3, 0.4) is 0 Å². The third kappa shape index (κ3) is 9.80. The van der Waals surface area contributed by atoms with Crippen LogP contribution in [-0.2, 0) is 19.1 Å². The molecule has 0 radical (unpaired) electrons. The molecule has 27 heavy (non-hydrogen) atoms. The van der Waals surface area contributed by atoms with Gasteiger partial charge >= 0.3 is 12.1 Å². The van der Waals surface area contributed by atoms with Crippen molar-refractivity contribution in [2.45, 2.75) is 32.5 Å². The van der Waals surface area contributed by atoms with Crippen LogP contribution in [-0.4, -0.2) is 42.6 Å². The molecule has 1 rings (SSSR count). The lowest BCUT2D eigenvalue weighted by Gasteiger charge is -2.20. The number of phenols is 1. The Morgan fingerprint density at radius 2 is 1.96 bits per heavy atom. The van der Waals surface area contributed by atoms with Crippen LogP contribution in [0.5, 0.6) is 5.75 Å². The Morgan fingerprint density at radius 3 is 2.41 bits per heavy atom. The van der Waals surface area contributed by atoms with Crippen molar-refractivity contribution < 1.29 is 37.4 Å². The number of amides is 1. The second-order valence-electron chi connectivity index (χ2n) is 5.15.